The molecule has 1 heterocycles. The molecule has 0 bridgehead atoms. The average molecular weight is 350 g/mol. The summed E-state index contributed by atoms with van der Waals surface area (Å²) >= 11 is 0. The number of rotatable bonds is 7. The van der Waals surface area contributed by atoms with Gasteiger partial charge in [0.1, 0.15) is 0 Å². The van der Waals surface area contributed by atoms with Gasteiger partial charge in [0.2, 0.25) is 20.8 Å². The Balaban J connectivity index is 2.79. The second-order valence-corrected chi connectivity index (χ2v) is 6.10. The van der Waals surface area contributed by atoms with Crippen molar-refractivity contribution in [1.29, 1.82) is 0 Å². The van der Waals surface area contributed by atoms with Gasteiger partial charge in [-0.05, 0) is 0 Å². The predicted molar refractivity (Wildman–Crippen MR) is 61.3 cm³/mol. The summed E-state index contributed by atoms with van der Waals surface area (Å²) in [4.78, 5) is 0. The lowest BCUT2D eigenvalue weighted by molar-refractivity contribution is -0.258. The van der Waals surface area contributed by atoms with E-state index >= 15 is 0 Å². The molecule has 1 fully saturated rings. The monoisotopic (exact) mass is 350 g/mol. The van der Waals surface area contributed by atoms with Crippen molar-refractivity contribution in [2.75, 3.05) is 20.8 Å². The van der Waals surface area contributed by atoms with Gasteiger partial charge in [-0.25, -0.2) is 16.8 Å². The minimum absolute atomic E-state index is 0.0773. The quantitative estimate of drug-likeness (QED) is 0.372. The minimum atomic E-state index is -5.03. The van der Waals surface area contributed by atoms with E-state index in [0.29, 0.717) is 0 Å². The molecular formula is C8H14O11S2-2. The summed E-state index contributed by atoms with van der Waals surface area (Å²) in [7, 11) is -7.56. The lowest BCUT2D eigenvalue weighted by Crippen LogP contribution is -2.53. The molecule has 1 aliphatic rings. The first kappa shape index (κ1) is 18.7. The van der Waals surface area contributed by atoms with Crippen LogP contribution in [0.4, 0.5) is 0 Å². The molecule has 13 heteroatoms. The molecular weight excluding hydrogens is 336 g/mol. The fourth-order valence-corrected chi connectivity index (χ4v) is 2.63. The van der Waals surface area contributed by atoms with E-state index in [1.807, 2.05) is 0 Å². The second-order valence-electron chi connectivity index (χ2n) is 4.03. The molecule has 21 heavy (non-hydrogen) atoms. The van der Waals surface area contributed by atoms with E-state index in [0.717, 1.165) is 7.11 Å². The highest BCUT2D eigenvalue weighted by molar-refractivity contribution is 7.81. The van der Waals surface area contributed by atoms with Crippen molar-refractivity contribution in [1.82, 2.24) is 0 Å². The Labute approximate surface area is 122 Å². The van der Waals surface area contributed by atoms with Gasteiger partial charge in [-0.15, -0.1) is 0 Å². The van der Waals surface area contributed by atoms with Crippen LogP contribution in [0.3, 0.4) is 0 Å². The van der Waals surface area contributed by atoms with Gasteiger partial charge in [-0.2, -0.15) is 0 Å². The summed E-state index contributed by atoms with van der Waals surface area (Å²) in [5.41, 5.74) is 0. The molecule has 11 nitrogen and oxygen atoms in total. The van der Waals surface area contributed by atoms with Crippen LogP contribution in [0.15, 0.2) is 0 Å². The molecule has 1 rings (SSSR count). The van der Waals surface area contributed by atoms with Crippen molar-refractivity contribution in [3.63, 3.8) is 0 Å². The first-order chi connectivity index (χ1) is 9.55. The molecule has 0 N–H and O–H groups in total. The maximum Gasteiger partial charge on any atom is 0.218 e. The molecule has 0 spiro atoms. The Morgan fingerprint density at radius 2 is 1.71 bits per heavy atom. The molecule has 0 aliphatic carbocycles. The summed E-state index contributed by atoms with van der Waals surface area (Å²) in [5.74, 6) is 0. The predicted octanol–water partition coefficient (Wildman–Crippen LogP) is -1.91. The fraction of sp³-hybridized carbons (Fsp3) is 1.00. The van der Waals surface area contributed by atoms with Crippen LogP contribution in [0.25, 0.3) is 0 Å². The largest absolute Gasteiger partial charge is 0.726 e. The summed E-state index contributed by atoms with van der Waals surface area (Å²) in [5, 5.41) is 0. The Hall–Kier alpha value is -0.380. The molecule has 1 aliphatic heterocycles. The van der Waals surface area contributed by atoms with Crippen molar-refractivity contribution in [3.8, 4) is 0 Å². The lowest BCUT2D eigenvalue weighted by atomic mass is 10.0. The molecule has 0 aromatic rings. The average Bonchev–Trinajstić information content (AvgIpc) is 2.34. The molecule has 0 radical (unpaired) electrons. The Morgan fingerprint density at radius 3 is 2.14 bits per heavy atom. The Kier molecular flexibility index (Phi) is 6.45. The smallest absolute Gasteiger partial charge is 0.218 e. The van der Waals surface area contributed by atoms with Crippen molar-refractivity contribution in [3.05, 3.63) is 0 Å². The molecule has 4 atom stereocenters. The highest BCUT2D eigenvalue weighted by atomic mass is 32.3. The van der Waals surface area contributed by atoms with Crippen molar-refractivity contribution >= 4 is 20.8 Å². The van der Waals surface area contributed by atoms with Gasteiger partial charge < -0.3 is 23.3 Å². The van der Waals surface area contributed by atoms with E-state index in [-0.39, 0.29) is 6.42 Å². The van der Waals surface area contributed by atoms with Crippen LogP contribution in [0.1, 0.15) is 6.42 Å². The summed E-state index contributed by atoms with van der Waals surface area (Å²) in [6, 6.07) is 0. The molecule has 1 saturated heterocycles. The van der Waals surface area contributed by atoms with Crippen LogP contribution in [0.5, 0.6) is 0 Å². The second kappa shape index (κ2) is 7.26. The van der Waals surface area contributed by atoms with Crippen LogP contribution < -0.4 is 0 Å². The molecule has 0 amide bonds. The molecule has 0 aromatic carbocycles. The molecule has 126 valence electrons. The third-order valence-electron chi connectivity index (χ3n) is 2.62. The van der Waals surface area contributed by atoms with E-state index in [1.165, 1.54) is 7.11 Å². The zero-order valence-corrected chi connectivity index (χ0v) is 12.7. The third-order valence-corrected chi connectivity index (χ3v) is 3.50. The van der Waals surface area contributed by atoms with Crippen LogP contribution in [0, 0.1) is 0 Å². The SMILES string of the molecule is COC1CC(COS(=O)(=O)[O-])O[C@H](OC)C1OS(=O)(=O)[O-]. The maximum absolute atomic E-state index is 10.7. The Bertz CT molecular complexity index is 512. The van der Waals surface area contributed by atoms with E-state index in [1.54, 1.807) is 0 Å². The highest BCUT2D eigenvalue weighted by Crippen LogP contribution is 2.26. The standard InChI is InChI=1S/C8H16O11S2/c1-15-6-3-5(4-17-20(9,10)11)18-8(16-2)7(6)19-21(12,13)14/h5-8H,3-4H2,1-2H3,(H,9,10,11)(H,12,13,14)/p-2/t5?,6?,7?,8-/m0/s1. The zero-order valence-electron chi connectivity index (χ0n) is 11.0. The minimum Gasteiger partial charge on any atom is -0.726 e. The van der Waals surface area contributed by atoms with Crippen LogP contribution >= 0.6 is 0 Å². The van der Waals surface area contributed by atoms with E-state index in [2.05, 4.69) is 8.37 Å². The molecule has 3 unspecified atom stereocenters. The topological polar surface area (TPSA) is 161 Å². The number of methoxy groups -OCH3 is 2. The van der Waals surface area contributed by atoms with Gasteiger partial charge in [0.15, 0.2) is 12.4 Å². The van der Waals surface area contributed by atoms with Gasteiger partial charge in [0.05, 0.1) is 18.8 Å². The number of ether oxygens (including phenoxy) is 3. The van der Waals surface area contributed by atoms with Gasteiger partial charge in [0, 0.05) is 20.6 Å². The fourth-order valence-electron chi connectivity index (χ4n) is 1.82. The Morgan fingerprint density at radius 1 is 1.10 bits per heavy atom. The van der Waals surface area contributed by atoms with Gasteiger partial charge in [-0.1, -0.05) is 0 Å². The van der Waals surface area contributed by atoms with Crippen molar-refractivity contribution in [2.45, 2.75) is 31.0 Å². The third kappa shape index (κ3) is 6.50. The first-order valence-electron chi connectivity index (χ1n) is 5.51. The summed E-state index contributed by atoms with van der Waals surface area (Å²) in [6.07, 6.45) is -4.65. The molecule has 0 saturated carbocycles. The maximum atomic E-state index is 10.7. The van der Waals surface area contributed by atoms with Gasteiger partial charge in [0.25, 0.3) is 0 Å². The summed E-state index contributed by atoms with van der Waals surface area (Å²) in [6.45, 7) is -0.609. The number of hydrogen-bond donors (Lipinski definition) is 0. The van der Waals surface area contributed by atoms with E-state index < -0.39 is 52.0 Å². The summed E-state index contributed by atoms with van der Waals surface area (Å²) < 4.78 is 86.5. The van der Waals surface area contributed by atoms with Crippen LogP contribution in [-0.2, 0) is 43.4 Å². The van der Waals surface area contributed by atoms with E-state index in [4.69, 9.17) is 14.2 Å². The zero-order chi connectivity index (χ0) is 16.3. The van der Waals surface area contributed by atoms with Gasteiger partial charge >= 0.3 is 0 Å². The molecule has 0 aromatic heterocycles. The van der Waals surface area contributed by atoms with Crippen molar-refractivity contribution in [2.24, 2.45) is 0 Å². The number of hydrogen-bond acceptors (Lipinski definition) is 11. The van der Waals surface area contributed by atoms with Crippen LogP contribution in [-0.4, -0.2) is 71.4 Å². The first-order valence-corrected chi connectivity index (χ1v) is 8.18. The van der Waals surface area contributed by atoms with E-state index in [9.17, 15) is 25.9 Å². The highest BCUT2D eigenvalue weighted by Gasteiger charge is 2.41. The van der Waals surface area contributed by atoms with Crippen LogP contribution in [0.2, 0.25) is 0 Å². The van der Waals surface area contributed by atoms with Gasteiger partial charge in [-0.3, -0.25) is 8.37 Å². The lowest BCUT2D eigenvalue weighted by Gasteiger charge is -2.39. The normalized spacial score (nSPS) is 31.2. The van der Waals surface area contributed by atoms with Crippen molar-refractivity contribution < 1.29 is 48.5 Å².